The van der Waals surface area contributed by atoms with Gasteiger partial charge in [0.05, 0.1) is 5.69 Å². The van der Waals surface area contributed by atoms with Crippen LogP contribution in [0.1, 0.15) is 31.3 Å². The number of amides is 1. The monoisotopic (exact) mass is 240 g/mol. The first-order chi connectivity index (χ1) is 7.70. The Kier molecular flexibility index (Phi) is 3.45. The number of aromatic nitrogens is 1. The van der Waals surface area contributed by atoms with Crippen molar-refractivity contribution in [1.82, 2.24) is 4.57 Å². The number of carboxylic acid groups (broad SMARTS) is 1. The smallest absolute Gasteiger partial charge is 0.412 e. The van der Waals surface area contributed by atoms with Crippen LogP contribution in [0.5, 0.6) is 0 Å². The molecule has 0 saturated carbocycles. The first-order valence-electron chi connectivity index (χ1n) is 5.09. The summed E-state index contributed by atoms with van der Waals surface area (Å²) in [7, 11) is 1.59. The topological polar surface area (TPSA) is 80.6 Å². The highest BCUT2D eigenvalue weighted by molar-refractivity contribution is 5.97. The minimum Gasteiger partial charge on any atom is -0.477 e. The van der Waals surface area contributed by atoms with Gasteiger partial charge in [-0.25, -0.2) is 9.59 Å². The van der Waals surface area contributed by atoms with Crippen molar-refractivity contribution in [3.8, 4) is 0 Å². The summed E-state index contributed by atoms with van der Waals surface area (Å²) in [5.74, 6) is -1.11. The lowest BCUT2D eigenvalue weighted by Gasteiger charge is -2.19. The van der Waals surface area contributed by atoms with Crippen LogP contribution in [-0.4, -0.2) is 27.3 Å². The van der Waals surface area contributed by atoms with Gasteiger partial charge >= 0.3 is 12.1 Å². The molecule has 0 bridgehead atoms. The van der Waals surface area contributed by atoms with Gasteiger partial charge in [-0.05, 0) is 26.8 Å². The fourth-order valence-corrected chi connectivity index (χ4v) is 1.31. The van der Waals surface area contributed by atoms with Crippen molar-refractivity contribution in [2.24, 2.45) is 7.05 Å². The maximum absolute atomic E-state index is 11.5. The number of anilines is 1. The lowest BCUT2D eigenvalue weighted by atomic mass is 10.2. The van der Waals surface area contributed by atoms with Crippen LogP contribution in [0.4, 0.5) is 10.5 Å². The maximum Gasteiger partial charge on any atom is 0.412 e. The normalized spacial score (nSPS) is 11.1. The SMILES string of the molecule is Cn1ccc(NC(=O)OC(C)(C)C)c1C(=O)O. The first-order valence-corrected chi connectivity index (χ1v) is 5.09. The summed E-state index contributed by atoms with van der Waals surface area (Å²) in [6.07, 6.45) is 0.877. The zero-order valence-corrected chi connectivity index (χ0v) is 10.3. The summed E-state index contributed by atoms with van der Waals surface area (Å²) >= 11 is 0. The average molecular weight is 240 g/mol. The Morgan fingerprint density at radius 2 is 2.00 bits per heavy atom. The molecule has 0 unspecified atom stereocenters. The van der Waals surface area contributed by atoms with E-state index >= 15 is 0 Å². The molecular formula is C11H16N2O4. The zero-order chi connectivity index (χ0) is 13.2. The van der Waals surface area contributed by atoms with E-state index in [2.05, 4.69) is 5.32 Å². The van der Waals surface area contributed by atoms with E-state index in [1.54, 1.807) is 34.0 Å². The van der Waals surface area contributed by atoms with Crippen LogP contribution in [0.15, 0.2) is 12.3 Å². The molecule has 1 amide bonds. The fourth-order valence-electron chi connectivity index (χ4n) is 1.31. The van der Waals surface area contributed by atoms with Gasteiger partial charge in [0.1, 0.15) is 5.60 Å². The summed E-state index contributed by atoms with van der Waals surface area (Å²) < 4.78 is 6.45. The quantitative estimate of drug-likeness (QED) is 0.829. The van der Waals surface area contributed by atoms with Crippen LogP contribution in [0.2, 0.25) is 0 Å². The van der Waals surface area contributed by atoms with Crippen molar-refractivity contribution >= 4 is 17.7 Å². The summed E-state index contributed by atoms with van der Waals surface area (Å²) in [6.45, 7) is 5.20. The standard InChI is InChI=1S/C11H16N2O4/c1-11(2,3)17-10(16)12-7-5-6-13(4)8(7)9(14)15/h5-6H,1-4H3,(H,12,16)(H,14,15). The Balaban J connectivity index is 2.83. The van der Waals surface area contributed by atoms with Crippen LogP contribution in [-0.2, 0) is 11.8 Å². The van der Waals surface area contributed by atoms with E-state index in [0.717, 1.165) is 0 Å². The Morgan fingerprint density at radius 3 is 2.47 bits per heavy atom. The van der Waals surface area contributed by atoms with E-state index in [9.17, 15) is 9.59 Å². The van der Waals surface area contributed by atoms with Gasteiger partial charge in [0, 0.05) is 13.2 Å². The molecule has 1 heterocycles. The molecule has 0 aliphatic rings. The molecule has 0 spiro atoms. The molecule has 1 aromatic rings. The van der Waals surface area contributed by atoms with E-state index in [1.807, 2.05) is 0 Å². The first kappa shape index (κ1) is 13.1. The van der Waals surface area contributed by atoms with Crippen LogP contribution < -0.4 is 5.32 Å². The highest BCUT2D eigenvalue weighted by atomic mass is 16.6. The lowest BCUT2D eigenvalue weighted by Crippen LogP contribution is -2.27. The highest BCUT2D eigenvalue weighted by Gasteiger charge is 2.20. The molecule has 6 nitrogen and oxygen atoms in total. The van der Waals surface area contributed by atoms with Crippen LogP contribution in [0, 0.1) is 0 Å². The van der Waals surface area contributed by atoms with E-state index in [0.29, 0.717) is 0 Å². The molecule has 0 aliphatic carbocycles. The molecule has 0 radical (unpaired) electrons. The fraction of sp³-hybridized carbons (Fsp3) is 0.455. The number of hydrogen-bond donors (Lipinski definition) is 2. The molecule has 1 rings (SSSR count). The molecule has 2 N–H and O–H groups in total. The van der Waals surface area contributed by atoms with E-state index < -0.39 is 17.7 Å². The second kappa shape index (κ2) is 4.48. The molecule has 6 heteroatoms. The van der Waals surface area contributed by atoms with E-state index in [4.69, 9.17) is 9.84 Å². The second-order valence-corrected chi connectivity index (χ2v) is 4.62. The van der Waals surface area contributed by atoms with Gasteiger partial charge in [-0.1, -0.05) is 0 Å². The Hall–Kier alpha value is -1.98. The van der Waals surface area contributed by atoms with Gasteiger partial charge in [0.15, 0.2) is 5.69 Å². The summed E-state index contributed by atoms with van der Waals surface area (Å²) in [5.41, 5.74) is -0.396. The highest BCUT2D eigenvalue weighted by Crippen LogP contribution is 2.17. The van der Waals surface area contributed by atoms with Crippen LogP contribution in [0.25, 0.3) is 0 Å². The predicted molar refractivity (Wildman–Crippen MR) is 62.2 cm³/mol. The molecule has 94 valence electrons. The van der Waals surface area contributed by atoms with Crippen molar-refractivity contribution in [2.45, 2.75) is 26.4 Å². The van der Waals surface area contributed by atoms with Gasteiger partial charge in [-0.2, -0.15) is 0 Å². The third kappa shape index (κ3) is 3.51. The number of nitrogens with zero attached hydrogens (tertiary/aromatic N) is 1. The number of ether oxygens (including phenoxy) is 1. The van der Waals surface area contributed by atoms with E-state index in [1.165, 1.54) is 10.6 Å². The number of carbonyl (C=O) groups is 2. The molecule has 17 heavy (non-hydrogen) atoms. The van der Waals surface area contributed by atoms with Crippen molar-refractivity contribution in [3.05, 3.63) is 18.0 Å². The van der Waals surface area contributed by atoms with Crippen LogP contribution >= 0.6 is 0 Å². The number of carbonyl (C=O) groups excluding carboxylic acids is 1. The number of hydrogen-bond acceptors (Lipinski definition) is 3. The number of aryl methyl sites for hydroxylation is 1. The third-order valence-electron chi connectivity index (χ3n) is 1.91. The molecule has 0 fully saturated rings. The summed E-state index contributed by atoms with van der Waals surface area (Å²) in [4.78, 5) is 22.4. The molecule has 1 aromatic heterocycles. The number of aromatic carboxylic acids is 1. The number of nitrogens with one attached hydrogen (secondary N) is 1. The Bertz CT molecular complexity index is 443. The molecule has 0 atom stereocenters. The van der Waals surface area contributed by atoms with Gasteiger partial charge in [0.25, 0.3) is 0 Å². The van der Waals surface area contributed by atoms with Crippen molar-refractivity contribution < 1.29 is 19.4 Å². The molecule has 0 aromatic carbocycles. The van der Waals surface area contributed by atoms with Gasteiger partial charge in [0.2, 0.25) is 0 Å². The summed E-state index contributed by atoms with van der Waals surface area (Å²) in [5, 5.41) is 11.4. The van der Waals surface area contributed by atoms with Crippen molar-refractivity contribution in [2.75, 3.05) is 5.32 Å². The maximum atomic E-state index is 11.5. The molecule has 0 saturated heterocycles. The van der Waals surface area contributed by atoms with Gasteiger partial charge < -0.3 is 14.4 Å². The number of carboxylic acids is 1. The minimum atomic E-state index is -1.11. The number of rotatable bonds is 2. The van der Waals surface area contributed by atoms with E-state index in [-0.39, 0.29) is 11.4 Å². The average Bonchev–Trinajstić information content (AvgIpc) is 2.42. The Labute approximate surface area is 99.2 Å². The summed E-state index contributed by atoms with van der Waals surface area (Å²) in [6, 6.07) is 1.51. The minimum absolute atomic E-state index is 0.0101. The largest absolute Gasteiger partial charge is 0.477 e. The Morgan fingerprint density at radius 1 is 1.41 bits per heavy atom. The van der Waals surface area contributed by atoms with Crippen molar-refractivity contribution in [3.63, 3.8) is 0 Å². The lowest BCUT2D eigenvalue weighted by molar-refractivity contribution is 0.0636. The van der Waals surface area contributed by atoms with Crippen molar-refractivity contribution in [1.29, 1.82) is 0 Å². The predicted octanol–water partition coefficient (Wildman–Crippen LogP) is 2.07. The zero-order valence-electron chi connectivity index (χ0n) is 10.3. The van der Waals surface area contributed by atoms with Crippen LogP contribution in [0.3, 0.4) is 0 Å². The molecular weight excluding hydrogens is 224 g/mol. The van der Waals surface area contributed by atoms with Gasteiger partial charge in [-0.3, -0.25) is 5.32 Å². The second-order valence-electron chi connectivity index (χ2n) is 4.62. The third-order valence-corrected chi connectivity index (χ3v) is 1.91. The van der Waals surface area contributed by atoms with Gasteiger partial charge in [-0.15, -0.1) is 0 Å². The molecule has 0 aliphatic heterocycles.